The molecule has 140 valence electrons. The maximum atomic E-state index is 13.1. The first-order valence-electron chi connectivity index (χ1n) is 9.45. The van der Waals surface area contributed by atoms with Crippen molar-refractivity contribution in [1.82, 2.24) is 9.88 Å². The first-order chi connectivity index (χ1) is 12.9. The Hall–Kier alpha value is -2.75. The number of aromatic amines is 1. The summed E-state index contributed by atoms with van der Waals surface area (Å²) in [5.41, 5.74) is 5.67. The highest BCUT2D eigenvalue weighted by atomic mass is 16.5. The molecule has 0 unspecified atom stereocenters. The largest absolute Gasteiger partial charge is 0.496 e. The van der Waals surface area contributed by atoms with Gasteiger partial charge in [0.05, 0.1) is 12.7 Å². The number of carbonyl (C=O) groups excluding carboxylic acids is 1. The molecule has 4 rings (SSSR count). The molecule has 27 heavy (non-hydrogen) atoms. The summed E-state index contributed by atoms with van der Waals surface area (Å²) in [5, 5.41) is 1.23. The van der Waals surface area contributed by atoms with E-state index in [4.69, 9.17) is 4.74 Å². The highest BCUT2D eigenvalue weighted by Crippen LogP contribution is 2.33. The number of H-pyrrole nitrogens is 1. The number of hydrogen-bond donors (Lipinski definition) is 1. The molecule has 1 N–H and O–H groups in total. The van der Waals surface area contributed by atoms with E-state index in [0.29, 0.717) is 24.4 Å². The van der Waals surface area contributed by atoms with Gasteiger partial charge in [-0.05, 0) is 35.2 Å². The normalized spacial score (nSPS) is 14.3. The number of amides is 1. The summed E-state index contributed by atoms with van der Waals surface area (Å²) in [4.78, 5) is 18.6. The predicted molar refractivity (Wildman–Crippen MR) is 108 cm³/mol. The van der Waals surface area contributed by atoms with Crippen LogP contribution in [-0.2, 0) is 18.4 Å². The summed E-state index contributed by atoms with van der Waals surface area (Å²) in [5.74, 6) is 0.654. The number of nitrogens with one attached hydrogen (secondary N) is 1. The van der Waals surface area contributed by atoms with Gasteiger partial charge >= 0.3 is 0 Å². The van der Waals surface area contributed by atoms with Gasteiger partial charge in [0.25, 0.3) is 5.91 Å². The second-order valence-corrected chi connectivity index (χ2v) is 8.27. The van der Waals surface area contributed by atoms with E-state index in [1.165, 1.54) is 22.2 Å². The van der Waals surface area contributed by atoms with E-state index < -0.39 is 0 Å². The quantitative estimate of drug-likeness (QED) is 0.720. The van der Waals surface area contributed by atoms with Crippen LogP contribution in [0.4, 0.5) is 0 Å². The minimum Gasteiger partial charge on any atom is -0.496 e. The summed E-state index contributed by atoms with van der Waals surface area (Å²) in [6, 6.07) is 14.1. The van der Waals surface area contributed by atoms with Crippen LogP contribution in [-0.4, -0.2) is 29.4 Å². The highest BCUT2D eigenvalue weighted by Gasteiger charge is 2.27. The zero-order valence-electron chi connectivity index (χ0n) is 16.4. The molecular formula is C23H26N2O2. The van der Waals surface area contributed by atoms with Crippen molar-refractivity contribution in [2.45, 2.75) is 39.2 Å². The number of para-hydroxylation sites is 1. The third kappa shape index (κ3) is 3.09. The van der Waals surface area contributed by atoms with E-state index in [1.54, 1.807) is 7.11 Å². The van der Waals surface area contributed by atoms with E-state index in [9.17, 15) is 4.79 Å². The number of benzene rings is 2. The summed E-state index contributed by atoms with van der Waals surface area (Å²) >= 11 is 0. The number of hydrogen-bond acceptors (Lipinski definition) is 2. The Morgan fingerprint density at radius 3 is 2.67 bits per heavy atom. The molecule has 4 heteroatoms. The first kappa shape index (κ1) is 17.7. The molecule has 0 radical (unpaired) electrons. The third-order valence-electron chi connectivity index (χ3n) is 5.47. The van der Waals surface area contributed by atoms with Gasteiger partial charge in [0.1, 0.15) is 5.75 Å². The van der Waals surface area contributed by atoms with Crippen LogP contribution in [0.2, 0.25) is 0 Å². The van der Waals surface area contributed by atoms with Crippen LogP contribution >= 0.6 is 0 Å². The lowest BCUT2D eigenvalue weighted by Crippen LogP contribution is -2.36. The Kier molecular flexibility index (Phi) is 4.22. The van der Waals surface area contributed by atoms with E-state index in [0.717, 1.165) is 11.9 Å². The van der Waals surface area contributed by atoms with E-state index in [2.05, 4.69) is 44.0 Å². The third-order valence-corrected chi connectivity index (χ3v) is 5.47. The van der Waals surface area contributed by atoms with Crippen LogP contribution in [0.3, 0.4) is 0 Å². The molecule has 1 aliphatic heterocycles. The molecule has 1 aliphatic rings. The number of rotatable bonds is 2. The predicted octanol–water partition coefficient (Wildman–Crippen LogP) is 4.67. The Bertz CT molecular complexity index is 1010. The monoisotopic (exact) mass is 362 g/mol. The summed E-state index contributed by atoms with van der Waals surface area (Å²) in [6.45, 7) is 8.02. The topological polar surface area (TPSA) is 45.3 Å². The van der Waals surface area contributed by atoms with Crippen molar-refractivity contribution >= 4 is 16.8 Å². The van der Waals surface area contributed by atoms with Gasteiger partial charge in [0.15, 0.2) is 0 Å². The van der Waals surface area contributed by atoms with Crippen molar-refractivity contribution in [2.75, 3.05) is 13.7 Å². The van der Waals surface area contributed by atoms with Gasteiger partial charge in [-0.25, -0.2) is 0 Å². The van der Waals surface area contributed by atoms with Gasteiger partial charge in [0, 0.05) is 41.7 Å². The van der Waals surface area contributed by atoms with Gasteiger partial charge in [-0.15, -0.1) is 0 Å². The van der Waals surface area contributed by atoms with Crippen LogP contribution < -0.4 is 4.74 Å². The van der Waals surface area contributed by atoms with Gasteiger partial charge in [0.2, 0.25) is 0 Å². The van der Waals surface area contributed by atoms with Crippen molar-refractivity contribution in [3.8, 4) is 5.75 Å². The fourth-order valence-electron chi connectivity index (χ4n) is 3.85. The fraction of sp³-hybridized carbons (Fsp3) is 0.348. The smallest absolute Gasteiger partial charge is 0.257 e. The lowest BCUT2D eigenvalue weighted by molar-refractivity contribution is 0.0731. The summed E-state index contributed by atoms with van der Waals surface area (Å²) in [7, 11) is 1.61. The Labute approximate surface area is 160 Å². The highest BCUT2D eigenvalue weighted by molar-refractivity contribution is 5.97. The van der Waals surface area contributed by atoms with Crippen LogP contribution in [0, 0.1) is 0 Å². The molecule has 1 aromatic heterocycles. The van der Waals surface area contributed by atoms with Crippen LogP contribution in [0.5, 0.6) is 5.75 Å². The molecular weight excluding hydrogens is 336 g/mol. The Balaban J connectivity index is 1.70. The van der Waals surface area contributed by atoms with Crippen LogP contribution in [0.1, 0.15) is 48.0 Å². The number of fused-ring (bicyclic) bond motifs is 3. The minimum absolute atomic E-state index is 0.0272. The second kappa shape index (κ2) is 6.45. The SMILES string of the molecule is COc1ccccc1C(=O)N1CCc2[nH]c3ccc(C(C)(C)C)cc3c2C1. The summed E-state index contributed by atoms with van der Waals surface area (Å²) in [6.07, 6.45) is 0.843. The van der Waals surface area contributed by atoms with Crippen molar-refractivity contribution in [3.63, 3.8) is 0 Å². The molecule has 0 saturated heterocycles. The number of methoxy groups -OCH3 is 1. The van der Waals surface area contributed by atoms with Gasteiger partial charge < -0.3 is 14.6 Å². The fourth-order valence-corrected chi connectivity index (χ4v) is 3.85. The van der Waals surface area contributed by atoms with Crippen LogP contribution in [0.15, 0.2) is 42.5 Å². The maximum Gasteiger partial charge on any atom is 0.257 e. The van der Waals surface area contributed by atoms with Crippen molar-refractivity contribution in [3.05, 3.63) is 64.8 Å². The van der Waals surface area contributed by atoms with Gasteiger partial charge in [-0.2, -0.15) is 0 Å². The average Bonchev–Trinajstić information content (AvgIpc) is 3.03. The first-order valence-corrected chi connectivity index (χ1v) is 9.45. The molecule has 2 heterocycles. The molecule has 0 saturated carbocycles. The van der Waals surface area contributed by atoms with Crippen molar-refractivity contribution in [1.29, 1.82) is 0 Å². The Morgan fingerprint density at radius 1 is 1.15 bits per heavy atom. The van der Waals surface area contributed by atoms with E-state index in [-0.39, 0.29) is 11.3 Å². The number of carbonyl (C=O) groups is 1. The van der Waals surface area contributed by atoms with Gasteiger partial charge in [-0.3, -0.25) is 4.79 Å². The Morgan fingerprint density at radius 2 is 1.93 bits per heavy atom. The lowest BCUT2D eigenvalue weighted by atomic mass is 9.86. The number of nitrogens with zero attached hydrogens (tertiary/aromatic N) is 1. The molecule has 2 aromatic carbocycles. The van der Waals surface area contributed by atoms with Gasteiger partial charge in [-0.1, -0.05) is 39.0 Å². The molecule has 0 spiro atoms. The maximum absolute atomic E-state index is 13.1. The minimum atomic E-state index is 0.0272. The molecule has 4 nitrogen and oxygen atoms in total. The second-order valence-electron chi connectivity index (χ2n) is 8.27. The molecule has 0 fully saturated rings. The van der Waals surface area contributed by atoms with Crippen LogP contribution in [0.25, 0.3) is 10.9 Å². The molecule has 0 bridgehead atoms. The molecule has 0 atom stereocenters. The van der Waals surface area contributed by atoms with Crippen molar-refractivity contribution in [2.24, 2.45) is 0 Å². The summed E-state index contributed by atoms with van der Waals surface area (Å²) < 4.78 is 5.38. The molecule has 3 aromatic rings. The number of aromatic nitrogens is 1. The van der Waals surface area contributed by atoms with E-state index in [1.807, 2.05) is 29.2 Å². The molecule has 1 amide bonds. The zero-order chi connectivity index (χ0) is 19.2. The van der Waals surface area contributed by atoms with Crippen molar-refractivity contribution < 1.29 is 9.53 Å². The van der Waals surface area contributed by atoms with E-state index >= 15 is 0 Å². The lowest BCUT2D eigenvalue weighted by Gasteiger charge is -2.28. The average molecular weight is 362 g/mol. The standard InChI is InChI=1S/C23H26N2O2/c1-23(2,3)15-9-10-19-17(13-15)18-14-25(12-11-20(18)24-19)22(26)16-7-5-6-8-21(16)27-4/h5-10,13,24H,11-12,14H2,1-4H3. The zero-order valence-corrected chi connectivity index (χ0v) is 16.4. The number of ether oxygens (including phenoxy) is 1. The molecule has 0 aliphatic carbocycles.